The number of nitrogens with one attached hydrogen (secondary N) is 1. The highest BCUT2D eigenvalue weighted by Gasteiger charge is 2.09. The summed E-state index contributed by atoms with van der Waals surface area (Å²) in [4.78, 5) is 7.55. The Bertz CT molecular complexity index is 1220. The van der Waals surface area contributed by atoms with Gasteiger partial charge in [-0.15, -0.1) is 0 Å². The fourth-order valence-corrected chi connectivity index (χ4v) is 4.30. The van der Waals surface area contributed by atoms with E-state index in [0.29, 0.717) is 5.92 Å². The second kappa shape index (κ2) is 11.7. The van der Waals surface area contributed by atoms with Gasteiger partial charge in [-0.3, -0.25) is 4.98 Å². The van der Waals surface area contributed by atoms with Gasteiger partial charge in [0.2, 0.25) is 0 Å². The van der Waals surface area contributed by atoms with E-state index >= 15 is 0 Å². The summed E-state index contributed by atoms with van der Waals surface area (Å²) in [6, 6.07) is 17.6. The largest absolute Gasteiger partial charge is 0.361 e. The van der Waals surface area contributed by atoms with Crippen LogP contribution in [0.4, 0.5) is 0 Å². The van der Waals surface area contributed by atoms with Gasteiger partial charge < -0.3 is 4.98 Å². The molecule has 0 saturated heterocycles. The Morgan fingerprint density at radius 3 is 2.58 bits per heavy atom. The van der Waals surface area contributed by atoms with Gasteiger partial charge in [0.1, 0.15) is 0 Å². The van der Waals surface area contributed by atoms with Crippen molar-refractivity contribution in [3.8, 4) is 0 Å². The van der Waals surface area contributed by atoms with Gasteiger partial charge in [0.15, 0.2) is 0 Å². The standard InChI is InChI=1S/C16H15N.C13H17N.C2H6.2H2/c1-12-10-13(8-9-17-12)11-15-6-2-4-14-5-3-7-16(14)15;1-4-10-8-14-13-6-5-11(9(2)3)7-12(10)13;1-2;;/h2-4,6-10H,5,11H2,1H3;5-9,14H,4H2,1-3H3;1-2H3;2*1H. The minimum Gasteiger partial charge on any atom is -0.361 e. The SMILES string of the molecule is CC.CCc1c[nH]c2ccc(C(C)C)cc12.Cc1cc(Cc2cccc3c2C=CC3)ccn1.[HH].[HH]. The number of benzene rings is 2. The quantitative estimate of drug-likeness (QED) is 0.336. The summed E-state index contributed by atoms with van der Waals surface area (Å²) in [7, 11) is 0. The van der Waals surface area contributed by atoms with E-state index in [1.807, 2.05) is 27.0 Å². The fraction of sp³-hybridized carbons (Fsp3) is 0.323. The maximum atomic E-state index is 4.24. The van der Waals surface area contributed by atoms with Gasteiger partial charge in [-0.05, 0) is 89.8 Å². The molecule has 2 aromatic carbocycles. The number of allylic oxidation sites excluding steroid dienone is 1. The highest BCUT2D eigenvalue weighted by atomic mass is 14.7. The monoisotopic (exact) mass is 442 g/mol. The Kier molecular flexibility index (Phi) is 8.65. The van der Waals surface area contributed by atoms with Crippen molar-refractivity contribution in [3.63, 3.8) is 0 Å². The summed E-state index contributed by atoms with van der Waals surface area (Å²) < 4.78 is 0. The normalized spacial score (nSPS) is 11.6. The van der Waals surface area contributed by atoms with Crippen molar-refractivity contribution in [2.75, 3.05) is 0 Å². The molecule has 33 heavy (non-hydrogen) atoms. The number of aromatic nitrogens is 2. The van der Waals surface area contributed by atoms with Crippen molar-refractivity contribution in [1.29, 1.82) is 0 Å². The first-order chi connectivity index (χ1) is 16.0. The Labute approximate surface area is 202 Å². The number of pyridine rings is 1. The lowest BCUT2D eigenvalue weighted by molar-refractivity contribution is 0.868. The van der Waals surface area contributed by atoms with Crippen LogP contribution in [0, 0.1) is 6.92 Å². The van der Waals surface area contributed by atoms with Gasteiger partial charge in [-0.25, -0.2) is 0 Å². The van der Waals surface area contributed by atoms with E-state index in [1.54, 1.807) is 0 Å². The highest BCUT2D eigenvalue weighted by molar-refractivity contribution is 5.84. The van der Waals surface area contributed by atoms with E-state index in [1.165, 1.54) is 44.3 Å². The zero-order valence-corrected chi connectivity index (χ0v) is 21.1. The first-order valence-electron chi connectivity index (χ1n) is 12.3. The van der Waals surface area contributed by atoms with Gasteiger partial charge in [0.25, 0.3) is 0 Å². The molecule has 5 rings (SSSR count). The van der Waals surface area contributed by atoms with Gasteiger partial charge in [0.05, 0.1) is 0 Å². The summed E-state index contributed by atoms with van der Waals surface area (Å²) in [5.41, 5.74) is 10.8. The maximum absolute atomic E-state index is 4.24. The van der Waals surface area contributed by atoms with Crippen molar-refractivity contribution in [2.24, 2.45) is 0 Å². The number of hydrogen-bond acceptors (Lipinski definition) is 1. The smallest absolute Gasteiger partial charge is 0.0456 e. The van der Waals surface area contributed by atoms with Crippen LogP contribution >= 0.6 is 0 Å². The molecule has 0 bridgehead atoms. The molecule has 0 amide bonds. The number of aromatic amines is 1. The Morgan fingerprint density at radius 1 is 1.03 bits per heavy atom. The summed E-state index contributed by atoms with van der Waals surface area (Å²) in [6.45, 7) is 12.7. The zero-order valence-electron chi connectivity index (χ0n) is 21.1. The van der Waals surface area contributed by atoms with Crippen LogP contribution in [0.3, 0.4) is 0 Å². The van der Waals surface area contributed by atoms with E-state index in [0.717, 1.165) is 25.0 Å². The molecule has 0 spiro atoms. The molecule has 1 aliphatic rings. The summed E-state index contributed by atoms with van der Waals surface area (Å²) in [6.07, 6.45) is 11.7. The average molecular weight is 443 g/mol. The van der Waals surface area contributed by atoms with Crippen LogP contribution in [0.2, 0.25) is 0 Å². The number of nitrogens with zero attached hydrogens (tertiary/aromatic N) is 1. The Morgan fingerprint density at radius 2 is 1.85 bits per heavy atom. The fourth-order valence-electron chi connectivity index (χ4n) is 4.30. The van der Waals surface area contributed by atoms with E-state index in [-0.39, 0.29) is 2.85 Å². The molecule has 176 valence electrons. The first kappa shape index (κ1) is 24.5. The number of aryl methyl sites for hydroxylation is 2. The van der Waals surface area contributed by atoms with Crippen LogP contribution in [-0.2, 0) is 19.3 Å². The summed E-state index contributed by atoms with van der Waals surface area (Å²) in [5.74, 6) is 0.610. The highest BCUT2D eigenvalue weighted by Crippen LogP contribution is 2.25. The summed E-state index contributed by atoms with van der Waals surface area (Å²) >= 11 is 0. The molecule has 2 nitrogen and oxygen atoms in total. The van der Waals surface area contributed by atoms with Crippen LogP contribution in [0.25, 0.3) is 17.0 Å². The third kappa shape index (κ3) is 6.01. The lowest BCUT2D eigenvalue weighted by Crippen LogP contribution is -1.94. The predicted molar refractivity (Wildman–Crippen MR) is 148 cm³/mol. The number of rotatable bonds is 4. The van der Waals surface area contributed by atoms with Crippen LogP contribution in [0.1, 0.15) is 82.5 Å². The van der Waals surface area contributed by atoms with E-state index in [9.17, 15) is 0 Å². The lowest BCUT2D eigenvalue weighted by Gasteiger charge is -2.08. The molecule has 0 radical (unpaired) electrons. The average Bonchev–Trinajstić information content (AvgIpc) is 3.48. The minimum atomic E-state index is 0. The number of fused-ring (bicyclic) bond motifs is 2. The van der Waals surface area contributed by atoms with Crippen molar-refractivity contribution >= 4 is 17.0 Å². The van der Waals surface area contributed by atoms with E-state index in [2.05, 4.69) is 97.6 Å². The van der Waals surface area contributed by atoms with Gasteiger partial charge in [0, 0.05) is 31.8 Å². The second-order valence-electron chi connectivity index (χ2n) is 8.71. The number of hydrogen-bond donors (Lipinski definition) is 1. The van der Waals surface area contributed by atoms with Crippen molar-refractivity contribution in [1.82, 2.24) is 9.97 Å². The van der Waals surface area contributed by atoms with Crippen LogP contribution < -0.4 is 0 Å². The summed E-state index contributed by atoms with van der Waals surface area (Å²) in [5, 5.41) is 1.39. The molecule has 0 aliphatic heterocycles. The lowest BCUT2D eigenvalue weighted by atomic mass is 9.97. The molecule has 0 atom stereocenters. The molecule has 0 fully saturated rings. The molecule has 4 aromatic rings. The third-order valence-electron chi connectivity index (χ3n) is 6.10. The zero-order chi connectivity index (χ0) is 23.8. The van der Waals surface area contributed by atoms with Gasteiger partial charge in [-0.2, -0.15) is 0 Å². The molecule has 1 N–H and O–H groups in total. The molecule has 1 aliphatic carbocycles. The van der Waals surface area contributed by atoms with Crippen LogP contribution in [0.15, 0.2) is 67.0 Å². The predicted octanol–water partition coefficient (Wildman–Crippen LogP) is 8.92. The topological polar surface area (TPSA) is 28.7 Å². The van der Waals surface area contributed by atoms with Gasteiger partial charge >= 0.3 is 0 Å². The van der Waals surface area contributed by atoms with E-state index in [4.69, 9.17) is 0 Å². The van der Waals surface area contributed by atoms with Crippen molar-refractivity contribution in [3.05, 3.63) is 106 Å². The Balaban J connectivity index is 0.000000315. The Hall–Kier alpha value is -3.13. The molecule has 2 heteroatoms. The molecular weight excluding hydrogens is 400 g/mol. The van der Waals surface area contributed by atoms with E-state index < -0.39 is 0 Å². The molecular formula is C31H42N2. The van der Waals surface area contributed by atoms with Gasteiger partial charge in [-0.1, -0.05) is 71.0 Å². The molecule has 0 unspecified atom stereocenters. The van der Waals surface area contributed by atoms with Crippen LogP contribution in [-0.4, -0.2) is 9.97 Å². The molecule has 0 saturated carbocycles. The van der Waals surface area contributed by atoms with Crippen molar-refractivity contribution < 1.29 is 2.85 Å². The molecule has 2 heterocycles. The van der Waals surface area contributed by atoms with Crippen LogP contribution in [0.5, 0.6) is 0 Å². The molecule has 2 aromatic heterocycles. The second-order valence-corrected chi connectivity index (χ2v) is 8.71. The number of H-pyrrole nitrogens is 1. The maximum Gasteiger partial charge on any atom is 0.0456 e. The van der Waals surface area contributed by atoms with Crippen molar-refractivity contribution in [2.45, 2.75) is 66.7 Å². The minimum absolute atomic E-state index is 0. The first-order valence-corrected chi connectivity index (χ1v) is 12.3. The third-order valence-corrected chi connectivity index (χ3v) is 6.10.